The average Bonchev–Trinajstić information content (AvgIpc) is 3.03. The Morgan fingerprint density at radius 3 is 2.52 bits per heavy atom. The SMILES string of the molecule is Cc1nc2cc(N=Cc3nc4ccccc4n3C)ccc2n1C. The highest BCUT2D eigenvalue weighted by Gasteiger charge is 2.06. The molecular formula is C18H17N5. The summed E-state index contributed by atoms with van der Waals surface area (Å²) < 4.78 is 4.12. The molecule has 0 fully saturated rings. The van der Waals surface area contributed by atoms with Gasteiger partial charge in [0.25, 0.3) is 0 Å². The molecule has 0 saturated heterocycles. The molecule has 4 aromatic rings. The first-order valence-corrected chi connectivity index (χ1v) is 7.52. The highest BCUT2D eigenvalue weighted by Crippen LogP contribution is 2.21. The maximum absolute atomic E-state index is 4.60. The molecule has 0 atom stereocenters. The predicted molar refractivity (Wildman–Crippen MR) is 93.4 cm³/mol. The molecule has 2 aromatic heterocycles. The van der Waals surface area contributed by atoms with Crippen LogP contribution in [0.4, 0.5) is 5.69 Å². The standard InChI is InChI=1S/C18H17N5/c1-12-20-15-10-13(8-9-17(15)22(12)2)19-11-18-21-14-6-4-5-7-16(14)23(18)3/h4-11H,1-3H3. The minimum Gasteiger partial charge on any atom is -0.331 e. The number of hydrogen-bond acceptors (Lipinski definition) is 3. The van der Waals surface area contributed by atoms with Gasteiger partial charge in [-0.1, -0.05) is 12.1 Å². The number of nitrogens with zero attached hydrogens (tertiary/aromatic N) is 5. The third-order valence-corrected chi connectivity index (χ3v) is 4.24. The molecule has 0 aliphatic rings. The van der Waals surface area contributed by atoms with E-state index in [-0.39, 0.29) is 0 Å². The molecule has 0 amide bonds. The fourth-order valence-electron chi connectivity index (χ4n) is 2.80. The Bertz CT molecular complexity index is 1050. The Kier molecular flexibility index (Phi) is 3.01. The van der Waals surface area contributed by atoms with Crippen LogP contribution >= 0.6 is 0 Å². The number of benzene rings is 2. The molecule has 0 N–H and O–H groups in total. The zero-order valence-corrected chi connectivity index (χ0v) is 13.4. The van der Waals surface area contributed by atoms with E-state index in [1.165, 1.54) is 0 Å². The maximum atomic E-state index is 4.60. The fourth-order valence-corrected chi connectivity index (χ4v) is 2.80. The molecule has 5 heteroatoms. The molecular weight excluding hydrogens is 286 g/mol. The van der Waals surface area contributed by atoms with Crippen molar-refractivity contribution in [2.45, 2.75) is 6.92 Å². The van der Waals surface area contributed by atoms with E-state index in [2.05, 4.69) is 31.7 Å². The van der Waals surface area contributed by atoms with Gasteiger partial charge in [-0.2, -0.15) is 0 Å². The van der Waals surface area contributed by atoms with E-state index >= 15 is 0 Å². The van der Waals surface area contributed by atoms with Crippen LogP contribution in [0.1, 0.15) is 11.6 Å². The zero-order valence-electron chi connectivity index (χ0n) is 13.4. The highest BCUT2D eigenvalue weighted by molar-refractivity contribution is 5.87. The van der Waals surface area contributed by atoms with Crippen molar-refractivity contribution in [1.29, 1.82) is 0 Å². The van der Waals surface area contributed by atoms with Crippen LogP contribution < -0.4 is 0 Å². The summed E-state index contributed by atoms with van der Waals surface area (Å²) >= 11 is 0. The first-order valence-electron chi connectivity index (χ1n) is 7.52. The van der Waals surface area contributed by atoms with Crippen molar-refractivity contribution in [1.82, 2.24) is 19.1 Å². The van der Waals surface area contributed by atoms with Crippen molar-refractivity contribution < 1.29 is 0 Å². The summed E-state index contributed by atoms with van der Waals surface area (Å²) in [7, 11) is 4.02. The number of rotatable bonds is 2. The van der Waals surface area contributed by atoms with E-state index in [1.807, 2.05) is 55.9 Å². The minimum absolute atomic E-state index is 0.837. The summed E-state index contributed by atoms with van der Waals surface area (Å²) in [6.45, 7) is 2.00. The lowest BCUT2D eigenvalue weighted by atomic mass is 10.3. The zero-order chi connectivity index (χ0) is 16.0. The highest BCUT2D eigenvalue weighted by atomic mass is 15.1. The third kappa shape index (κ3) is 2.21. The van der Waals surface area contributed by atoms with Crippen LogP contribution in [-0.4, -0.2) is 25.3 Å². The first-order chi connectivity index (χ1) is 11.1. The van der Waals surface area contributed by atoms with Gasteiger partial charge in [-0.05, 0) is 37.3 Å². The van der Waals surface area contributed by atoms with E-state index in [9.17, 15) is 0 Å². The van der Waals surface area contributed by atoms with Crippen molar-refractivity contribution in [3.05, 3.63) is 54.1 Å². The molecule has 114 valence electrons. The number of aliphatic imine (C=N–C) groups is 1. The van der Waals surface area contributed by atoms with Gasteiger partial charge < -0.3 is 9.13 Å². The number of imidazole rings is 2. The lowest BCUT2D eigenvalue weighted by molar-refractivity contribution is 0.886. The van der Waals surface area contributed by atoms with Gasteiger partial charge in [0.1, 0.15) is 5.82 Å². The van der Waals surface area contributed by atoms with Gasteiger partial charge in [0, 0.05) is 14.1 Å². The predicted octanol–water partition coefficient (Wildman–Crippen LogP) is 3.52. The van der Waals surface area contributed by atoms with E-state index in [0.717, 1.165) is 39.4 Å². The molecule has 0 bridgehead atoms. The quantitative estimate of drug-likeness (QED) is 0.532. The Morgan fingerprint density at radius 1 is 0.913 bits per heavy atom. The van der Waals surface area contributed by atoms with Crippen molar-refractivity contribution in [3.8, 4) is 0 Å². The first kappa shape index (κ1) is 13.7. The van der Waals surface area contributed by atoms with Crippen LogP contribution in [0.3, 0.4) is 0 Å². The number of hydrogen-bond donors (Lipinski definition) is 0. The number of fused-ring (bicyclic) bond motifs is 2. The monoisotopic (exact) mass is 303 g/mol. The van der Waals surface area contributed by atoms with Crippen LogP contribution in [0.5, 0.6) is 0 Å². The van der Waals surface area contributed by atoms with Gasteiger partial charge in [-0.3, -0.25) is 4.99 Å². The molecule has 0 radical (unpaired) electrons. The smallest absolute Gasteiger partial charge is 0.152 e. The number of aryl methyl sites for hydroxylation is 3. The van der Waals surface area contributed by atoms with Gasteiger partial charge in [0.2, 0.25) is 0 Å². The second kappa shape index (κ2) is 5.05. The van der Waals surface area contributed by atoms with Gasteiger partial charge in [0.15, 0.2) is 5.82 Å². The molecule has 0 aliphatic carbocycles. The van der Waals surface area contributed by atoms with Crippen LogP contribution in [0.15, 0.2) is 47.5 Å². The van der Waals surface area contributed by atoms with Crippen LogP contribution in [0, 0.1) is 6.92 Å². The molecule has 2 heterocycles. The number of para-hydroxylation sites is 2. The van der Waals surface area contributed by atoms with Crippen LogP contribution in [0.2, 0.25) is 0 Å². The summed E-state index contributed by atoms with van der Waals surface area (Å²) in [6.07, 6.45) is 1.80. The second-order valence-electron chi connectivity index (χ2n) is 5.67. The van der Waals surface area contributed by atoms with Gasteiger partial charge in [-0.15, -0.1) is 0 Å². The molecule has 23 heavy (non-hydrogen) atoms. The van der Waals surface area contributed by atoms with Crippen molar-refractivity contribution in [3.63, 3.8) is 0 Å². The Hall–Kier alpha value is -2.95. The van der Waals surface area contributed by atoms with Gasteiger partial charge >= 0.3 is 0 Å². The lowest BCUT2D eigenvalue weighted by Gasteiger charge is -1.98. The summed E-state index contributed by atoms with van der Waals surface area (Å²) in [5, 5.41) is 0. The number of aromatic nitrogens is 4. The molecule has 0 saturated carbocycles. The normalized spacial score (nSPS) is 12.0. The largest absolute Gasteiger partial charge is 0.331 e. The lowest BCUT2D eigenvalue weighted by Crippen LogP contribution is -1.95. The molecule has 5 nitrogen and oxygen atoms in total. The maximum Gasteiger partial charge on any atom is 0.152 e. The van der Waals surface area contributed by atoms with Gasteiger partial charge in [-0.25, -0.2) is 9.97 Å². The Morgan fingerprint density at radius 2 is 1.70 bits per heavy atom. The van der Waals surface area contributed by atoms with E-state index < -0.39 is 0 Å². The van der Waals surface area contributed by atoms with Crippen molar-refractivity contribution in [2.75, 3.05) is 0 Å². The molecule has 0 spiro atoms. The van der Waals surface area contributed by atoms with Crippen LogP contribution in [0.25, 0.3) is 22.1 Å². The Labute approximate surface area is 133 Å². The van der Waals surface area contributed by atoms with E-state index in [0.29, 0.717) is 0 Å². The summed E-state index contributed by atoms with van der Waals surface area (Å²) in [4.78, 5) is 13.7. The Balaban J connectivity index is 1.73. The average molecular weight is 303 g/mol. The van der Waals surface area contributed by atoms with E-state index in [1.54, 1.807) is 6.21 Å². The minimum atomic E-state index is 0.837. The summed E-state index contributed by atoms with van der Waals surface area (Å²) in [6, 6.07) is 14.1. The molecule has 0 aliphatic heterocycles. The second-order valence-corrected chi connectivity index (χ2v) is 5.67. The van der Waals surface area contributed by atoms with Crippen LogP contribution in [-0.2, 0) is 14.1 Å². The fraction of sp³-hybridized carbons (Fsp3) is 0.167. The summed E-state index contributed by atoms with van der Waals surface area (Å²) in [5.74, 6) is 1.83. The summed E-state index contributed by atoms with van der Waals surface area (Å²) in [5.41, 5.74) is 5.04. The van der Waals surface area contributed by atoms with Crippen molar-refractivity contribution in [2.24, 2.45) is 19.1 Å². The third-order valence-electron chi connectivity index (χ3n) is 4.24. The topological polar surface area (TPSA) is 48.0 Å². The molecule has 2 aromatic carbocycles. The van der Waals surface area contributed by atoms with E-state index in [4.69, 9.17) is 0 Å². The van der Waals surface area contributed by atoms with Gasteiger partial charge in [0.05, 0.1) is 34.0 Å². The molecule has 0 unspecified atom stereocenters. The molecule has 4 rings (SSSR count). The van der Waals surface area contributed by atoms with Crippen molar-refractivity contribution >= 4 is 34.0 Å².